The second-order valence-corrected chi connectivity index (χ2v) is 4.51. The molecule has 12 heavy (non-hydrogen) atoms. The summed E-state index contributed by atoms with van der Waals surface area (Å²) in [5.74, 6) is 0.565. The Morgan fingerprint density at radius 2 is 2.33 bits per heavy atom. The minimum absolute atomic E-state index is 0.322. The minimum Gasteiger partial charge on any atom is -0.389 e. The zero-order chi connectivity index (χ0) is 8.60. The van der Waals surface area contributed by atoms with Crippen LogP contribution in [0, 0.1) is 5.92 Å². The molecule has 0 aromatic carbocycles. The molecule has 0 aliphatic heterocycles. The van der Waals surface area contributed by atoms with Crippen LogP contribution in [0.3, 0.4) is 0 Å². The molecule has 0 spiro atoms. The Balaban J connectivity index is 2.17. The van der Waals surface area contributed by atoms with E-state index in [0.29, 0.717) is 5.92 Å². The van der Waals surface area contributed by atoms with E-state index in [1.54, 1.807) is 0 Å². The molecular formula is C11H18O. The smallest absolute Gasteiger partial charge is 0.0715 e. The van der Waals surface area contributed by atoms with Crippen molar-refractivity contribution >= 4 is 0 Å². The fraction of sp³-hybridized carbons (Fsp3) is 0.818. The molecule has 0 saturated heterocycles. The zero-order valence-corrected chi connectivity index (χ0v) is 7.84. The van der Waals surface area contributed by atoms with Gasteiger partial charge in [-0.2, -0.15) is 0 Å². The van der Waals surface area contributed by atoms with Crippen molar-refractivity contribution in [1.82, 2.24) is 0 Å². The first-order valence-corrected chi connectivity index (χ1v) is 5.09. The van der Waals surface area contributed by atoms with Gasteiger partial charge in [-0.05, 0) is 38.5 Å². The van der Waals surface area contributed by atoms with Crippen LogP contribution in [-0.2, 0) is 0 Å². The van der Waals surface area contributed by atoms with Gasteiger partial charge in [0.1, 0.15) is 0 Å². The van der Waals surface area contributed by atoms with Crippen LogP contribution in [0.5, 0.6) is 0 Å². The summed E-state index contributed by atoms with van der Waals surface area (Å²) < 4.78 is 0. The van der Waals surface area contributed by atoms with Crippen molar-refractivity contribution in [3.05, 3.63) is 11.6 Å². The third-order valence-corrected chi connectivity index (χ3v) is 3.51. The second kappa shape index (κ2) is 2.88. The molecule has 2 rings (SSSR count). The van der Waals surface area contributed by atoms with Gasteiger partial charge in [0.15, 0.2) is 0 Å². The van der Waals surface area contributed by atoms with Crippen molar-refractivity contribution < 1.29 is 5.11 Å². The Kier molecular flexibility index (Phi) is 1.99. The maximum Gasteiger partial charge on any atom is 0.0715 e. The van der Waals surface area contributed by atoms with Gasteiger partial charge in [-0.1, -0.05) is 24.5 Å². The van der Waals surface area contributed by atoms with Crippen LogP contribution in [-0.4, -0.2) is 10.7 Å². The summed E-state index contributed by atoms with van der Waals surface area (Å²) in [7, 11) is 0. The van der Waals surface area contributed by atoms with Crippen LogP contribution in [0.1, 0.15) is 45.4 Å². The Bertz CT molecular complexity index is 207. The Morgan fingerprint density at radius 3 is 3.17 bits per heavy atom. The van der Waals surface area contributed by atoms with E-state index < -0.39 is 0 Å². The third kappa shape index (κ3) is 1.31. The summed E-state index contributed by atoms with van der Waals surface area (Å²) >= 11 is 0. The van der Waals surface area contributed by atoms with Gasteiger partial charge in [0.05, 0.1) is 5.60 Å². The van der Waals surface area contributed by atoms with Crippen LogP contribution in [0.4, 0.5) is 0 Å². The normalized spacial score (nSPS) is 41.8. The predicted octanol–water partition coefficient (Wildman–Crippen LogP) is 2.65. The summed E-state index contributed by atoms with van der Waals surface area (Å²) in [6.45, 7) is 2.14. The first-order chi connectivity index (χ1) is 5.71. The van der Waals surface area contributed by atoms with Crippen molar-refractivity contribution in [1.29, 1.82) is 0 Å². The average molecular weight is 166 g/mol. The number of aliphatic hydroxyl groups is 1. The monoisotopic (exact) mass is 166 g/mol. The number of fused-ring (bicyclic) bond motifs is 1. The predicted molar refractivity (Wildman–Crippen MR) is 49.9 cm³/mol. The van der Waals surface area contributed by atoms with Gasteiger partial charge in [0.25, 0.3) is 0 Å². The summed E-state index contributed by atoms with van der Waals surface area (Å²) in [6, 6.07) is 0. The molecule has 0 radical (unpaired) electrons. The molecule has 2 aliphatic rings. The molecule has 0 unspecified atom stereocenters. The topological polar surface area (TPSA) is 20.2 Å². The number of allylic oxidation sites excluding steroid dienone is 1. The highest BCUT2D eigenvalue weighted by atomic mass is 16.3. The largest absolute Gasteiger partial charge is 0.389 e. The fourth-order valence-corrected chi connectivity index (χ4v) is 2.76. The van der Waals surface area contributed by atoms with E-state index in [1.807, 2.05) is 0 Å². The maximum absolute atomic E-state index is 10.3. The van der Waals surface area contributed by atoms with E-state index >= 15 is 0 Å². The first kappa shape index (κ1) is 8.31. The number of rotatable bonds is 0. The lowest BCUT2D eigenvalue weighted by atomic mass is 9.68. The van der Waals surface area contributed by atoms with Crippen LogP contribution in [0.2, 0.25) is 0 Å². The van der Waals surface area contributed by atoms with Gasteiger partial charge in [-0.3, -0.25) is 0 Å². The van der Waals surface area contributed by atoms with Crippen LogP contribution in [0.15, 0.2) is 11.6 Å². The van der Waals surface area contributed by atoms with E-state index in [-0.39, 0.29) is 5.60 Å². The van der Waals surface area contributed by atoms with E-state index in [1.165, 1.54) is 24.8 Å². The van der Waals surface area contributed by atoms with Gasteiger partial charge in [0.2, 0.25) is 0 Å². The fourth-order valence-electron chi connectivity index (χ4n) is 2.76. The molecule has 1 fully saturated rings. The van der Waals surface area contributed by atoms with E-state index in [2.05, 4.69) is 13.0 Å². The van der Waals surface area contributed by atoms with Crippen molar-refractivity contribution in [2.24, 2.45) is 5.92 Å². The third-order valence-electron chi connectivity index (χ3n) is 3.51. The standard InChI is InChI=1S/C11H18O/c1-9-5-6-10-4-2-3-7-11(10,12)8-9/h5,10,12H,2-4,6-8H2,1H3/t10-,11-/m1/s1. The van der Waals surface area contributed by atoms with Crippen molar-refractivity contribution in [2.45, 2.75) is 51.0 Å². The average Bonchev–Trinajstić information content (AvgIpc) is 2.02. The molecule has 0 aromatic rings. The molecule has 1 saturated carbocycles. The number of hydrogen-bond donors (Lipinski definition) is 1. The molecule has 0 amide bonds. The van der Waals surface area contributed by atoms with Crippen molar-refractivity contribution in [3.8, 4) is 0 Å². The molecule has 0 aromatic heterocycles. The molecule has 1 heteroatoms. The van der Waals surface area contributed by atoms with Crippen molar-refractivity contribution in [3.63, 3.8) is 0 Å². The summed E-state index contributed by atoms with van der Waals surface area (Å²) in [6.07, 6.45) is 9.16. The van der Waals surface area contributed by atoms with E-state index in [4.69, 9.17) is 0 Å². The lowest BCUT2D eigenvalue weighted by molar-refractivity contribution is -0.0513. The van der Waals surface area contributed by atoms with Gasteiger partial charge in [0, 0.05) is 0 Å². The van der Waals surface area contributed by atoms with E-state index in [0.717, 1.165) is 19.3 Å². The summed E-state index contributed by atoms with van der Waals surface area (Å²) in [5, 5.41) is 10.3. The molecule has 1 nitrogen and oxygen atoms in total. The molecule has 68 valence electrons. The Labute approximate surface area is 74.5 Å². The van der Waals surface area contributed by atoms with E-state index in [9.17, 15) is 5.11 Å². The highest BCUT2D eigenvalue weighted by molar-refractivity contribution is 5.12. The zero-order valence-electron chi connectivity index (χ0n) is 7.84. The SMILES string of the molecule is CC1=CC[C@H]2CCCC[C@@]2(O)C1. The van der Waals surface area contributed by atoms with Crippen LogP contribution >= 0.6 is 0 Å². The molecule has 1 N–H and O–H groups in total. The molecule has 0 bridgehead atoms. The lowest BCUT2D eigenvalue weighted by Gasteiger charge is -2.42. The molecule has 2 aliphatic carbocycles. The highest BCUT2D eigenvalue weighted by Gasteiger charge is 2.39. The Hall–Kier alpha value is -0.300. The number of hydrogen-bond acceptors (Lipinski definition) is 1. The second-order valence-electron chi connectivity index (χ2n) is 4.51. The summed E-state index contributed by atoms with van der Waals surface area (Å²) in [4.78, 5) is 0. The quantitative estimate of drug-likeness (QED) is 0.548. The minimum atomic E-state index is -0.322. The van der Waals surface area contributed by atoms with Gasteiger partial charge in [-0.15, -0.1) is 0 Å². The van der Waals surface area contributed by atoms with Crippen molar-refractivity contribution in [2.75, 3.05) is 0 Å². The highest BCUT2D eigenvalue weighted by Crippen LogP contribution is 2.43. The van der Waals surface area contributed by atoms with Crippen LogP contribution in [0.25, 0.3) is 0 Å². The van der Waals surface area contributed by atoms with Gasteiger partial charge in [-0.25, -0.2) is 0 Å². The molecule has 0 heterocycles. The van der Waals surface area contributed by atoms with Gasteiger partial charge < -0.3 is 5.11 Å². The Morgan fingerprint density at radius 1 is 1.50 bits per heavy atom. The maximum atomic E-state index is 10.3. The lowest BCUT2D eigenvalue weighted by Crippen LogP contribution is -2.42. The molecule has 2 atom stereocenters. The first-order valence-electron chi connectivity index (χ1n) is 5.09. The summed E-state index contributed by atoms with van der Waals surface area (Å²) in [5.41, 5.74) is 1.06. The van der Waals surface area contributed by atoms with Crippen LogP contribution < -0.4 is 0 Å². The molecular weight excluding hydrogens is 148 g/mol. The van der Waals surface area contributed by atoms with Gasteiger partial charge >= 0.3 is 0 Å².